The molecule has 0 spiro atoms. The molecule has 0 unspecified atom stereocenters. The largest absolute Gasteiger partial charge is 0.398 e. The maximum Gasteiger partial charge on any atom is 0.0727 e. The molecular weight excluding hydrogens is 222 g/mol. The number of hydrogen-bond acceptors (Lipinski definition) is 3. The lowest BCUT2D eigenvalue weighted by Crippen LogP contribution is -2.17. The van der Waals surface area contributed by atoms with E-state index >= 15 is 0 Å². The number of nitrogens with zero attached hydrogens (tertiary/aromatic N) is 2. The van der Waals surface area contributed by atoms with Crippen molar-refractivity contribution in [1.82, 2.24) is 4.98 Å². The highest BCUT2D eigenvalue weighted by Gasteiger charge is 2.13. The zero-order valence-electron chi connectivity index (χ0n) is 10.8. The van der Waals surface area contributed by atoms with E-state index in [0.29, 0.717) is 0 Å². The Morgan fingerprint density at radius 1 is 1.22 bits per heavy atom. The minimum atomic E-state index is 0.845. The zero-order valence-corrected chi connectivity index (χ0v) is 10.8. The molecule has 1 saturated heterocycles. The van der Waals surface area contributed by atoms with E-state index in [-0.39, 0.29) is 0 Å². The van der Waals surface area contributed by atoms with Crippen molar-refractivity contribution >= 4 is 22.3 Å². The summed E-state index contributed by atoms with van der Waals surface area (Å²) in [5.74, 6) is 0. The number of benzene rings is 1. The Labute approximate surface area is 108 Å². The third-order valence-corrected chi connectivity index (χ3v) is 3.71. The van der Waals surface area contributed by atoms with Crippen LogP contribution in [0.2, 0.25) is 0 Å². The van der Waals surface area contributed by atoms with Crippen molar-refractivity contribution in [3.63, 3.8) is 0 Å². The van der Waals surface area contributed by atoms with E-state index in [2.05, 4.69) is 35.0 Å². The minimum absolute atomic E-state index is 0.845. The Balaban J connectivity index is 2.08. The first-order valence-electron chi connectivity index (χ1n) is 6.72. The second kappa shape index (κ2) is 4.48. The van der Waals surface area contributed by atoms with Gasteiger partial charge in [0.05, 0.1) is 5.52 Å². The fourth-order valence-electron chi connectivity index (χ4n) is 2.65. The Bertz CT molecular complexity index is 571. The van der Waals surface area contributed by atoms with Gasteiger partial charge in [-0.2, -0.15) is 0 Å². The number of hydrogen-bond donors (Lipinski definition) is 1. The van der Waals surface area contributed by atoms with E-state index in [1.807, 2.05) is 6.07 Å². The van der Waals surface area contributed by atoms with Gasteiger partial charge in [0.1, 0.15) is 0 Å². The van der Waals surface area contributed by atoms with Crippen molar-refractivity contribution in [2.24, 2.45) is 0 Å². The lowest BCUT2D eigenvalue weighted by molar-refractivity contribution is 0.949. The normalized spacial score (nSPS) is 15.5. The highest BCUT2D eigenvalue weighted by Crippen LogP contribution is 2.28. The van der Waals surface area contributed by atoms with Gasteiger partial charge in [-0.3, -0.25) is 4.98 Å². The summed E-state index contributed by atoms with van der Waals surface area (Å²) < 4.78 is 0. The second-order valence-corrected chi connectivity index (χ2v) is 4.95. The van der Waals surface area contributed by atoms with E-state index in [1.54, 1.807) is 0 Å². The van der Waals surface area contributed by atoms with Crippen LogP contribution in [0.4, 0.5) is 11.4 Å². The summed E-state index contributed by atoms with van der Waals surface area (Å²) in [5.41, 5.74) is 10.3. The van der Waals surface area contributed by atoms with E-state index in [4.69, 9.17) is 5.73 Å². The SMILES string of the molecule is CCc1cc(N)c2cc(N3CCCC3)ccc2n1. The van der Waals surface area contributed by atoms with Crippen molar-refractivity contribution in [3.05, 3.63) is 30.0 Å². The average molecular weight is 241 g/mol. The molecule has 0 radical (unpaired) electrons. The van der Waals surface area contributed by atoms with Gasteiger partial charge in [0, 0.05) is 35.5 Å². The quantitative estimate of drug-likeness (QED) is 0.879. The summed E-state index contributed by atoms with van der Waals surface area (Å²) >= 11 is 0. The summed E-state index contributed by atoms with van der Waals surface area (Å²) in [6.45, 7) is 4.42. The van der Waals surface area contributed by atoms with Crippen molar-refractivity contribution in [1.29, 1.82) is 0 Å². The van der Waals surface area contributed by atoms with Gasteiger partial charge in [-0.15, -0.1) is 0 Å². The number of nitrogens with two attached hydrogens (primary N) is 1. The van der Waals surface area contributed by atoms with E-state index in [1.165, 1.54) is 18.5 Å². The standard InChI is InChI=1S/C15H19N3/c1-2-11-9-14(16)13-10-12(5-6-15(13)17-11)18-7-3-4-8-18/h5-6,9-10H,2-4,7-8H2,1H3,(H2,16,17). The van der Waals surface area contributed by atoms with Gasteiger partial charge >= 0.3 is 0 Å². The third kappa shape index (κ3) is 1.90. The van der Waals surface area contributed by atoms with Crippen molar-refractivity contribution in [2.75, 3.05) is 23.7 Å². The van der Waals surface area contributed by atoms with Crippen LogP contribution in [0.15, 0.2) is 24.3 Å². The Morgan fingerprint density at radius 2 is 2.00 bits per heavy atom. The maximum atomic E-state index is 6.14. The number of anilines is 2. The fourth-order valence-corrected chi connectivity index (χ4v) is 2.65. The van der Waals surface area contributed by atoms with E-state index in [0.717, 1.165) is 41.8 Å². The first kappa shape index (κ1) is 11.3. The molecule has 1 aromatic carbocycles. The molecule has 2 N–H and O–H groups in total. The second-order valence-electron chi connectivity index (χ2n) is 4.95. The number of aryl methyl sites for hydroxylation is 1. The first-order chi connectivity index (χ1) is 8.78. The maximum absolute atomic E-state index is 6.14. The van der Waals surface area contributed by atoms with Crippen LogP contribution in [0.5, 0.6) is 0 Å². The van der Waals surface area contributed by atoms with Gasteiger partial charge in [-0.05, 0) is 43.5 Å². The molecule has 0 saturated carbocycles. The predicted octanol–water partition coefficient (Wildman–Crippen LogP) is 2.98. The smallest absolute Gasteiger partial charge is 0.0727 e. The number of nitrogen functional groups attached to an aromatic ring is 1. The molecule has 94 valence electrons. The molecule has 2 heterocycles. The molecule has 0 atom stereocenters. The topological polar surface area (TPSA) is 42.1 Å². The monoisotopic (exact) mass is 241 g/mol. The molecular formula is C15H19N3. The molecule has 1 fully saturated rings. The Morgan fingerprint density at radius 3 is 2.72 bits per heavy atom. The first-order valence-corrected chi connectivity index (χ1v) is 6.72. The molecule has 3 nitrogen and oxygen atoms in total. The molecule has 1 aliphatic rings. The van der Waals surface area contributed by atoms with Gasteiger partial charge in [0.15, 0.2) is 0 Å². The lowest BCUT2D eigenvalue weighted by Gasteiger charge is -2.18. The van der Waals surface area contributed by atoms with Gasteiger partial charge < -0.3 is 10.6 Å². The fraction of sp³-hybridized carbons (Fsp3) is 0.400. The van der Waals surface area contributed by atoms with E-state index < -0.39 is 0 Å². The molecule has 0 bridgehead atoms. The third-order valence-electron chi connectivity index (χ3n) is 3.71. The highest BCUT2D eigenvalue weighted by atomic mass is 15.1. The predicted molar refractivity (Wildman–Crippen MR) is 77.0 cm³/mol. The molecule has 0 aliphatic carbocycles. The summed E-state index contributed by atoms with van der Waals surface area (Å²) in [6, 6.07) is 8.44. The molecule has 18 heavy (non-hydrogen) atoms. The molecule has 3 rings (SSSR count). The van der Waals surface area contributed by atoms with Crippen LogP contribution in [0.3, 0.4) is 0 Å². The molecule has 1 aromatic heterocycles. The van der Waals surface area contributed by atoms with Crippen LogP contribution in [0.1, 0.15) is 25.5 Å². The van der Waals surface area contributed by atoms with Gasteiger partial charge in [-0.1, -0.05) is 6.92 Å². The van der Waals surface area contributed by atoms with Crippen LogP contribution in [-0.2, 0) is 6.42 Å². The van der Waals surface area contributed by atoms with Gasteiger partial charge in [0.25, 0.3) is 0 Å². The molecule has 2 aromatic rings. The van der Waals surface area contributed by atoms with Crippen molar-refractivity contribution in [3.8, 4) is 0 Å². The zero-order chi connectivity index (χ0) is 12.5. The van der Waals surface area contributed by atoms with Crippen LogP contribution in [0, 0.1) is 0 Å². The number of pyridine rings is 1. The summed E-state index contributed by atoms with van der Waals surface area (Å²) in [6.07, 6.45) is 3.51. The van der Waals surface area contributed by atoms with Crippen molar-refractivity contribution in [2.45, 2.75) is 26.2 Å². The summed E-state index contributed by atoms with van der Waals surface area (Å²) in [5, 5.41) is 1.08. The lowest BCUT2D eigenvalue weighted by atomic mass is 10.1. The van der Waals surface area contributed by atoms with Crippen molar-refractivity contribution < 1.29 is 0 Å². The Hall–Kier alpha value is -1.77. The Kier molecular flexibility index (Phi) is 2.82. The van der Waals surface area contributed by atoms with Crippen LogP contribution in [-0.4, -0.2) is 18.1 Å². The number of aromatic nitrogens is 1. The molecule has 1 aliphatic heterocycles. The average Bonchev–Trinajstić information content (AvgIpc) is 2.92. The summed E-state index contributed by atoms with van der Waals surface area (Å²) in [4.78, 5) is 7.05. The van der Waals surface area contributed by atoms with Crippen LogP contribution < -0.4 is 10.6 Å². The van der Waals surface area contributed by atoms with Gasteiger partial charge in [0.2, 0.25) is 0 Å². The minimum Gasteiger partial charge on any atom is -0.398 e. The van der Waals surface area contributed by atoms with Crippen LogP contribution in [0.25, 0.3) is 10.9 Å². The molecule has 3 heteroatoms. The summed E-state index contributed by atoms with van der Waals surface area (Å²) in [7, 11) is 0. The highest BCUT2D eigenvalue weighted by molar-refractivity contribution is 5.92. The number of fused-ring (bicyclic) bond motifs is 1. The van der Waals surface area contributed by atoms with Gasteiger partial charge in [-0.25, -0.2) is 0 Å². The van der Waals surface area contributed by atoms with E-state index in [9.17, 15) is 0 Å². The van der Waals surface area contributed by atoms with Crippen LogP contribution >= 0.6 is 0 Å². The number of rotatable bonds is 2. The molecule has 0 amide bonds.